The van der Waals surface area contributed by atoms with Crippen molar-refractivity contribution in [2.75, 3.05) is 0 Å². The van der Waals surface area contributed by atoms with Gasteiger partial charge in [0.2, 0.25) is 10.0 Å². The predicted molar refractivity (Wildman–Crippen MR) is 69.1 cm³/mol. The quantitative estimate of drug-likeness (QED) is 0.862. The second-order valence-corrected chi connectivity index (χ2v) is 6.75. The summed E-state index contributed by atoms with van der Waals surface area (Å²) in [5, 5.41) is 8.99. The molecule has 2 unspecified atom stereocenters. The molecule has 0 saturated heterocycles. The third kappa shape index (κ3) is 3.36. The zero-order valence-corrected chi connectivity index (χ0v) is 11.6. The Bertz CT molecular complexity index is 564. The van der Waals surface area contributed by atoms with Crippen LogP contribution in [0.1, 0.15) is 25.7 Å². The lowest BCUT2D eigenvalue weighted by molar-refractivity contribution is -0.143. The Morgan fingerprint density at radius 1 is 1.47 bits per heavy atom. The van der Waals surface area contributed by atoms with Crippen molar-refractivity contribution in [2.45, 2.75) is 36.6 Å². The molecule has 0 amide bonds. The number of aryl methyl sites for hydroxylation is 1. The fraction of sp³-hybridized carbons (Fsp3) is 0.583. The van der Waals surface area contributed by atoms with E-state index in [9.17, 15) is 13.2 Å². The van der Waals surface area contributed by atoms with Gasteiger partial charge in [0.15, 0.2) is 0 Å². The first kappa shape index (κ1) is 14.1. The Kier molecular flexibility index (Phi) is 3.96. The average Bonchev–Trinajstić information content (AvgIpc) is 2.76. The number of nitrogens with zero attached hydrogens (tertiary/aromatic N) is 1. The van der Waals surface area contributed by atoms with Crippen LogP contribution in [0.3, 0.4) is 0 Å². The number of sulfonamides is 1. The van der Waals surface area contributed by atoms with E-state index in [-0.39, 0.29) is 10.9 Å². The average molecular weight is 286 g/mol. The first-order chi connectivity index (χ1) is 8.88. The Morgan fingerprint density at radius 3 is 2.79 bits per heavy atom. The van der Waals surface area contributed by atoms with E-state index < -0.39 is 21.9 Å². The largest absolute Gasteiger partial charge is 0.481 e. The van der Waals surface area contributed by atoms with Crippen LogP contribution in [0.25, 0.3) is 0 Å². The van der Waals surface area contributed by atoms with Crippen LogP contribution in [0.2, 0.25) is 0 Å². The van der Waals surface area contributed by atoms with Gasteiger partial charge in [-0.1, -0.05) is 6.42 Å². The maximum atomic E-state index is 12.1. The summed E-state index contributed by atoms with van der Waals surface area (Å²) in [4.78, 5) is 11.2. The van der Waals surface area contributed by atoms with Crippen molar-refractivity contribution in [3.8, 4) is 0 Å². The molecular weight excluding hydrogens is 268 g/mol. The van der Waals surface area contributed by atoms with Crippen LogP contribution in [0.5, 0.6) is 0 Å². The van der Waals surface area contributed by atoms with Crippen LogP contribution in [0, 0.1) is 5.92 Å². The topological polar surface area (TPSA) is 88.4 Å². The standard InChI is InChI=1S/C12H18N2O4S/c1-14-6-5-11(8-14)19(17,18)13-10-4-2-3-9(7-10)12(15)16/h5-6,8-10,13H,2-4,7H2,1H3,(H,15,16). The second-order valence-electron chi connectivity index (χ2n) is 5.03. The highest BCUT2D eigenvalue weighted by atomic mass is 32.2. The first-order valence-corrected chi connectivity index (χ1v) is 7.74. The lowest BCUT2D eigenvalue weighted by atomic mass is 9.86. The lowest BCUT2D eigenvalue weighted by Crippen LogP contribution is -2.39. The van der Waals surface area contributed by atoms with Gasteiger partial charge in [-0.05, 0) is 25.3 Å². The minimum Gasteiger partial charge on any atom is -0.481 e. The summed E-state index contributed by atoms with van der Waals surface area (Å²) in [6.45, 7) is 0. The summed E-state index contributed by atoms with van der Waals surface area (Å²) in [6.07, 6.45) is 5.60. The van der Waals surface area contributed by atoms with Crippen molar-refractivity contribution in [2.24, 2.45) is 13.0 Å². The molecule has 2 atom stereocenters. The molecule has 1 heterocycles. The number of hydrogen-bond acceptors (Lipinski definition) is 3. The van der Waals surface area contributed by atoms with E-state index in [0.29, 0.717) is 19.3 Å². The number of carboxylic acids is 1. The Balaban J connectivity index is 2.06. The second kappa shape index (κ2) is 5.34. The zero-order chi connectivity index (χ0) is 14.0. The first-order valence-electron chi connectivity index (χ1n) is 6.25. The number of aromatic nitrogens is 1. The number of carboxylic acid groups (broad SMARTS) is 1. The summed E-state index contributed by atoms with van der Waals surface area (Å²) >= 11 is 0. The molecule has 0 aliphatic heterocycles. The molecule has 2 rings (SSSR count). The summed E-state index contributed by atoms with van der Waals surface area (Å²) < 4.78 is 28.5. The highest BCUT2D eigenvalue weighted by Crippen LogP contribution is 2.25. The molecule has 0 radical (unpaired) electrons. The maximum Gasteiger partial charge on any atom is 0.306 e. The molecule has 19 heavy (non-hydrogen) atoms. The van der Waals surface area contributed by atoms with E-state index in [1.807, 2.05) is 0 Å². The molecule has 7 heteroatoms. The molecule has 1 aliphatic rings. The normalized spacial score (nSPS) is 24.3. The van der Waals surface area contributed by atoms with Gasteiger partial charge in [-0.25, -0.2) is 13.1 Å². The monoisotopic (exact) mass is 286 g/mol. The molecule has 0 spiro atoms. The SMILES string of the molecule is Cn1ccc(S(=O)(=O)NC2CCCC(C(=O)O)C2)c1. The molecule has 1 saturated carbocycles. The van der Waals surface area contributed by atoms with Crippen molar-refractivity contribution in [3.05, 3.63) is 18.5 Å². The van der Waals surface area contributed by atoms with Gasteiger partial charge in [0, 0.05) is 25.5 Å². The third-order valence-corrected chi connectivity index (χ3v) is 4.97. The molecule has 1 aromatic heterocycles. The van der Waals surface area contributed by atoms with Gasteiger partial charge in [0.1, 0.15) is 0 Å². The van der Waals surface area contributed by atoms with Crippen molar-refractivity contribution in [3.63, 3.8) is 0 Å². The van der Waals surface area contributed by atoms with Crippen LogP contribution in [-0.4, -0.2) is 30.1 Å². The fourth-order valence-corrected chi connectivity index (χ4v) is 3.78. The van der Waals surface area contributed by atoms with Crippen LogP contribution in [0.15, 0.2) is 23.4 Å². The van der Waals surface area contributed by atoms with Crippen LogP contribution in [-0.2, 0) is 21.9 Å². The van der Waals surface area contributed by atoms with Crippen LogP contribution in [0.4, 0.5) is 0 Å². The van der Waals surface area contributed by atoms with Crippen molar-refractivity contribution >= 4 is 16.0 Å². The molecule has 6 nitrogen and oxygen atoms in total. The van der Waals surface area contributed by atoms with Gasteiger partial charge in [-0.2, -0.15) is 0 Å². The number of rotatable bonds is 4. The summed E-state index contributed by atoms with van der Waals surface area (Å²) in [5.41, 5.74) is 0. The minimum atomic E-state index is -3.55. The van der Waals surface area contributed by atoms with Gasteiger partial charge in [-0.15, -0.1) is 0 Å². The molecule has 0 aromatic carbocycles. The van der Waals surface area contributed by atoms with Crippen LogP contribution >= 0.6 is 0 Å². The molecule has 1 fully saturated rings. The van der Waals surface area contributed by atoms with Crippen molar-refractivity contribution in [1.82, 2.24) is 9.29 Å². The van der Waals surface area contributed by atoms with E-state index >= 15 is 0 Å². The van der Waals surface area contributed by atoms with Gasteiger partial charge in [0.25, 0.3) is 0 Å². The molecule has 106 valence electrons. The molecule has 1 aromatic rings. The lowest BCUT2D eigenvalue weighted by Gasteiger charge is -2.26. The Morgan fingerprint density at radius 2 is 2.21 bits per heavy atom. The summed E-state index contributed by atoms with van der Waals surface area (Å²) in [5.74, 6) is -1.29. The zero-order valence-electron chi connectivity index (χ0n) is 10.7. The predicted octanol–water partition coefficient (Wildman–Crippen LogP) is 0.947. The molecule has 2 N–H and O–H groups in total. The number of aliphatic carboxylic acids is 1. The van der Waals surface area contributed by atoms with Crippen molar-refractivity contribution < 1.29 is 18.3 Å². The molecule has 0 bridgehead atoms. The molecular formula is C12H18N2O4S. The van der Waals surface area contributed by atoms with Gasteiger partial charge in [0.05, 0.1) is 10.8 Å². The number of hydrogen-bond donors (Lipinski definition) is 2. The highest BCUT2D eigenvalue weighted by Gasteiger charge is 2.30. The minimum absolute atomic E-state index is 0.215. The smallest absolute Gasteiger partial charge is 0.306 e. The number of nitrogens with one attached hydrogen (secondary N) is 1. The van der Waals surface area contributed by atoms with E-state index in [0.717, 1.165) is 6.42 Å². The van der Waals surface area contributed by atoms with Crippen molar-refractivity contribution in [1.29, 1.82) is 0 Å². The van der Waals surface area contributed by atoms with E-state index in [4.69, 9.17) is 5.11 Å². The Labute approximate surface area is 112 Å². The van der Waals surface area contributed by atoms with Gasteiger partial charge >= 0.3 is 5.97 Å². The highest BCUT2D eigenvalue weighted by molar-refractivity contribution is 7.89. The summed E-state index contributed by atoms with van der Waals surface area (Å²) in [6, 6.07) is 1.24. The third-order valence-electron chi connectivity index (χ3n) is 3.46. The van der Waals surface area contributed by atoms with E-state index in [1.165, 1.54) is 12.3 Å². The fourth-order valence-electron chi connectivity index (χ4n) is 2.45. The molecule has 1 aliphatic carbocycles. The summed E-state index contributed by atoms with van der Waals surface area (Å²) in [7, 11) is -1.80. The van der Waals surface area contributed by atoms with E-state index in [1.54, 1.807) is 17.8 Å². The van der Waals surface area contributed by atoms with E-state index in [2.05, 4.69) is 4.72 Å². The Hall–Kier alpha value is -1.34. The van der Waals surface area contributed by atoms with Crippen LogP contribution < -0.4 is 4.72 Å². The van der Waals surface area contributed by atoms with Gasteiger partial charge in [-0.3, -0.25) is 4.79 Å². The number of carbonyl (C=O) groups is 1. The maximum absolute atomic E-state index is 12.1. The van der Waals surface area contributed by atoms with Gasteiger partial charge < -0.3 is 9.67 Å².